The van der Waals surface area contributed by atoms with Gasteiger partial charge in [0.25, 0.3) is 0 Å². The van der Waals surface area contributed by atoms with Crippen LogP contribution in [0.1, 0.15) is 5.69 Å². The molecule has 4 nitrogen and oxygen atoms in total. The topological polar surface area (TPSA) is 65.4 Å². The van der Waals surface area contributed by atoms with Gasteiger partial charge in [-0.25, -0.2) is 0 Å². The van der Waals surface area contributed by atoms with Crippen LogP contribution in [0, 0.1) is 0 Å². The van der Waals surface area contributed by atoms with E-state index >= 15 is 0 Å². The SMILES string of the molecule is NC(=[SH+])[N-]N=Cc1nccc2ccccc12.[Cl][Cu]. The van der Waals surface area contributed by atoms with Gasteiger partial charge in [-0.1, -0.05) is 24.3 Å². The van der Waals surface area contributed by atoms with Gasteiger partial charge in [0.1, 0.15) is 0 Å². The minimum atomic E-state index is 0.122. The van der Waals surface area contributed by atoms with E-state index in [1.807, 2.05) is 30.3 Å². The average Bonchev–Trinajstić information content (AvgIpc) is 2.41. The third-order valence-electron chi connectivity index (χ3n) is 2.04. The summed E-state index contributed by atoms with van der Waals surface area (Å²) in [4.78, 5) is 4.22. The predicted molar refractivity (Wildman–Crippen MR) is 76.5 cm³/mol. The molecule has 0 atom stereocenters. The van der Waals surface area contributed by atoms with Crippen LogP contribution in [0.3, 0.4) is 0 Å². The number of pyridine rings is 1. The normalized spacial score (nSPS) is 10.0. The van der Waals surface area contributed by atoms with Crippen LogP contribution in [0.5, 0.6) is 0 Å². The molecule has 1 aromatic heterocycles. The van der Waals surface area contributed by atoms with E-state index in [0.717, 1.165) is 16.5 Å². The molecule has 0 spiro atoms. The number of aromatic nitrogens is 1. The molecular formula is C11H10ClCuN4S. The standard InChI is InChI=1S/C11H10N4S.ClH.Cu/c12-11(16)15-14-7-10-9-4-2-1-3-8(9)5-6-13-10;;/h1-7H,(H3,12,13,15,16);1H;/q;;+1/p-1. The van der Waals surface area contributed by atoms with Crippen LogP contribution in [0.15, 0.2) is 41.6 Å². The van der Waals surface area contributed by atoms with E-state index in [2.05, 4.69) is 52.9 Å². The summed E-state index contributed by atoms with van der Waals surface area (Å²) in [5, 5.41) is 6.05. The average molecular weight is 329 g/mol. The molecule has 2 N–H and O–H groups in total. The summed E-state index contributed by atoms with van der Waals surface area (Å²) < 4.78 is 0. The Morgan fingerprint density at radius 1 is 1.39 bits per heavy atom. The van der Waals surface area contributed by atoms with Gasteiger partial charge in [-0.2, -0.15) is 0 Å². The second kappa shape index (κ2) is 8.13. The van der Waals surface area contributed by atoms with Crippen LogP contribution in [0.2, 0.25) is 0 Å². The summed E-state index contributed by atoms with van der Waals surface area (Å²) >= 11 is 7.47. The summed E-state index contributed by atoms with van der Waals surface area (Å²) in [7, 11) is 4.20. The number of rotatable bonds is 2. The van der Waals surface area contributed by atoms with E-state index in [-0.39, 0.29) is 5.11 Å². The van der Waals surface area contributed by atoms with Crippen LogP contribution in [0.25, 0.3) is 16.2 Å². The summed E-state index contributed by atoms with van der Waals surface area (Å²) in [5.41, 5.74) is 9.62. The van der Waals surface area contributed by atoms with Gasteiger partial charge in [-0.15, -0.1) is 0 Å². The zero-order chi connectivity index (χ0) is 13.4. The number of halogens is 1. The van der Waals surface area contributed by atoms with Crippen molar-refractivity contribution in [1.29, 1.82) is 0 Å². The molecule has 1 heterocycles. The number of nitrogens with two attached hydrogens (primary N) is 1. The van der Waals surface area contributed by atoms with Crippen LogP contribution in [-0.4, -0.2) is 16.3 Å². The Hall–Kier alpha value is -1.04. The molecule has 0 bridgehead atoms. The van der Waals surface area contributed by atoms with Crippen molar-refractivity contribution >= 4 is 44.4 Å². The third-order valence-corrected chi connectivity index (χ3v) is 2.13. The number of nitrogens with zero attached hydrogens (tertiary/aromatic N) is 3. The molecule has 98 valence electrons. The Morgan fingerprint density at radius 2 is 2.11 bits per heavy atom. The molecule has 7 heteroatoms. The molecule has 0 fully saturated rings. The second-order valence-corrected chi connectivity index (χ2v) is 3.58. The van der Waals surface area contributed by atoms with E-state index in [1.54, 1.807) is 12.4 Å². The van der Waals surface area contributed by atoms with Gasteiger partial charge in [-0.05, 0) is 11.5 Å². The van der Waals surface area contributed by atoms with E-state index in [0.29, 0.717) is 0 Å². The van der Waals surface area contributed by atoms with Gasteiger partial charge in [-0.3, -0.25) is 10.7 Å². The first-order chi connectivity index (χ1) is 8.77. The Bertz CT molecular complexity index is 556. The molecule has 2 aromatic rings. The molecule has 0 aliphatic heterocycles. The van der Waals surface area contributed by atoms with Gasteiger partial charge < -0.3 is 10.5 Å². The summed E-state index contributed by atoms with van der Waals surface area (Å²) in [5.74, 6) is 0. The third kappa shape index (κ3) is 4.33. The van der Waals surface area contributed by atoms with Gasteiger partial charge in [0.05, 0.1) is 5.69 Å². The Kier molecular flexibility index (Phi) is 6.78. The van der Waals surface area contributed by atoms with Crippen LogP contribution in [-0.2, 0) is 27.3 Å². The first-order valence-electron chi connectivity index (χ1n) is 4.78. The fourth-order valence-corrected chi connectivity index (χ4v) is 1.44. The molecule has 0 unspecified atom stereocenters. The molecule has 0 aliphatic carbocycles. The first-order valence-corrected chi connectivity index (χ1v) is 6.52. The molecule has 18 heavy (non-hydrogen) atoms. The number of hydrogen-bond donors (Lipinski definition) is 1. The summed E-state index contributed by atoms with van der Waals surface area (Å²) in [6.07, 6.45) is 3.29. The van der Waals surface area contributed by atoms with Crippen molar-refractivity contribution in [2.24, 2.45) is 10.8 Å². The van der Waals surface area contributed by atoms with Crippen molar-refractivity contribution < 1.29 is 15.1 Å². The Labute approximate surface area is 123 Å². The number of hydrogen-bond acceptors (Lipinski definition) is 2. The van der Waals surface area contributed by atoms with Crippen molar-refractivity contribution in [3.8, 4) is 0 Å². The predicted octanol–water partition coefficient (Wildman–Crippen LogP) is 1.95. The van der Waals surface area contributed by atoms with Gasteiger partial charge >= 0.3 is 25.2 Å². The van der Waals surface area contributed by atoms with Crippen molar-refractivity contribution in [1.82, 2.24) is 4.98 Å². The maximum atomic E-state index is 5.25. The second-order valence-electron chi connectivity index (χ2n) is 3.12. The zero-order valence-electron chi connectivity index (χ0n) is 9.09. The quantitative estimate of drug-likeness (QED) is 0.229. The minimum absolute atomic E-state index is 0.122. The molecule has 0 saturated carbocycles. The number of thiol groups is 1. The van der Waals surface area contributed by atoms with Gasteiger partial charge in [0.2, 0.25) is 0 Å². The van der Waals surface area contributed by atoms with E-state index < -0.39 is 0 Å². The maximum absolute atomic E-state index is 5.25. The fraction of sp³-hybridized carbons (Fsp3) is 0. The number of benzene rings is 1. The first kappa shape index (κ1) is 15.0. The van der Waals surface area contributed by atoms with Crippen molar-refractivity contribution in [2.45, 2.75) is 0 Å². The monoisotopic (exact) mass is 328 g/mol. The molecule has 0 saturated heterocycles. The van der Waals surface area contributed by atoms with Crippen molar-refractivity contribution in [3.63, 3.8) is 0 Å². The van der Waals surface area contributed by atoms with E-state index in [9.17, 15) is 0 Å². The van der Waals surface area contributed by atoms with E-state index in [1.165, 1.54) is 0 Å². The Morgan fingerprint density at radius 3 is 2.83 bits per heavy atom. The molecule has 2 rings (SSSR count). The summed E-state index contributed by atoms with van der Waals surface area (Å²) in [6.45, 7) is 0. The van der Waals surface area contributed by atoms with Gasteiger partial charge in [0, 0.05) is 17.8 Å². The summed E-state index contributed by atoms with van der Waals surface area (Å²) in [6, 6.07) is 9.88. The Balaban J connectivity index is 0.000000771. The van der Waals surface area contributed by atoms with Crippen molar-refractivity contribution in [2.75, 3.05) is 0 Å². The zero-order valence-corrected chi connectivity index (χ0v) is 11.7. The van der Waals surface area contributed by atoms with Crippen molar-refractivity contribution in [3.05, 3.63) is 47.6 Å². The molecular weight excluding hydrogens is 319 g/mol. The van der Waals surface area contributed by atoms with E-state index in [4.69, 9.17) is 5.73 Å². The molecule has 1 aromatic carbocycles. The molecule has 0 aliphatic rings. The van der Waals surface area contributed by atoms with Crippen LogP contribution < -0.4 is 5.73 Å². The molecule has 0 radical (unpaired) electrons. The van der Waals surface area contributed by atoms with Crippen LogP contribution in [0.4, 0.5) is 0 Å². The van der Waals surface area contributed by atoms with Gasteiger partial charge in [0.15, 0.2) is 17.3 Å². The fourth-order valence-electron chi connectivity index (χ4n) is 1.39. The number of fused-ring (bicyclic) bond motifs is 1. The molecule has 0 amide bonds. The van der Waals surface area contributed by atoms with Crippen LogP contribution >= 0.6 is 10.1 Å².